The van der Waals surface area contributed by atoms with Crippen molar-refractivity contribution in [3.8, 4) is 0 Å². The monoisotopic (exact) mass is 271 g/mol. The molecule has 0 saturated heterocycles. The van der Waals surface area contributed by atoms with Crippen molar-refractivity contribution in [2.24, 2.45) is 5.92 Å². The standard InChI is InChI=1S/C10H14N3O4P/c11-9-1-3-13(10(14)12-9)6-8-5-7(8)2-4-18(15,16)17/h1,3,6-7H,2,4-5H2,(H2,11,12,14)(H2,15,16,17)/b8-6+. The van der Waals surface area contributed by atoms with Gasteiger partial charge in [0, 0.05) is 12.4 Å². The molecule has 0 radical (unpaired) electrons. The Morgan fingerprint density at radius 2 is 2.33 bits per heavy atom. The molecular formula is C10H14N3O4P. The van der Waals surface area contributed by atoms with Crippen LogP contribution >= 0.6 is 7.60 Å². The van der Waals surface area contributed by atoms with Crippen LogP contribution < -0.4 is 11.4 Å². The molecule has 1 atom stereocenters. The minimum Gasteiger partial charge on any atom is -0.383 e. The molecule has 4 N–H and O–H groups in total. The number of rotatable bonds is 4. The molecule has 0 spiro atoms. The van der Waals surface area contributed by atoms with E-state index in [0.29, 0.717) is 6.42 Å². The van der Waals surface area contributed by atoms with E-state index in [1.54, 1.807) is 6.20 Å². The quantitative estimate of drug-likeness (QED) is 0.676. The van der Waals surface area contributed by atoms with Gasteiger partial charge in [0.15, 0.2) is 0 Å². The lowest BCUT2D eigenvalue weighted by Crippen LogP contribution is -2.19. The average molecular weight is 271 g/mol. The summed E-state index contributed by atoms with van der Waals surface area (Å²) in [6, 6.07) is 1.52. The van der Waals surface area contributed by atoms with E-state index >= 15 is 0 Å². The number of anilines is 1. The second kappa shape index (κ2) is 4.68. The molecule has 1 aliphatic rings. The van der Waals surface area contributed by atoms with Gasteiger partial charge >= 0.3 is 13.3 Å². The molecular weight excluding hydrogens is 257 g/mol. The highest BCUT2D eigenvalue weighted by Gasteiger charge is 2.31. The third kappa shape index (κ3) is 3.53. The first-order chi connectivity index (χ1) is 8.35. The maximum Gasteiger partial charge on any atom is 0.353 e. The fourth-order valence-corrected chi connectivity index (χ4v) is 2.35. The van der Waals surface area contributed by atoms with Crippen LogP contribution in [0, 0.1) is 5.92 Å². The topological polar surface area (TPSA) is 118 Å². The van der Waals surface area contributed by atoms with Crippen molar-refractivity contribution in [1.82, 2.24) is 9.55 Å². The minimum absolute atomic E-state index is 0.121. The maximum atomic E-state index is 11.4. The van der Waals surface area contributed by atoms with Crippen LogP contribution in [-0.4, -0.2) is 25.5 Å². The SMILES string of the molecule is Nc1ccn(/C=C2\CC2CCP(=O)(O)O)c(=O)n1. The van der Waals surface area contributed by atoms with Crippen LogP contribution in [0.5, 0.6) is 0 Å². The summed E-state index contributed by atoms with van der Waals surface area (Å²) in [6.07, 6.45) is 4.25. The second-order valence-electron chi connectivity index (χ2n) is 4.32. The van der Waals surface area contributed by atoms with Crippen LogP contribution in [0.25, 0.3) is 6.20 Å². The molecule has 7 nitrogen and oxygen atoms in total. The van der Waals surface area contributed by atoms with Crippen LogP contribution in [0.4, 0.5) is 5.82 Å². The van der Waals surface area contributed by atoms with Crippen molar-refractivity contribution < 1.29 is 14.4 Å². The largest absolute Gasteiger partial charge is 0.383 e. The van der Waals surface area contributed by atoms with Crippen LogP contribution in [0.1, 0.15) is 12.8 Å². The van der Waals surface area contributed by atoms with Crippen molar-refractivity contribution in [1.29, 1.82) is 0 Å². The minimum atomic E-state index is -3.93. The molecule has 8 heteroatoms. The molecule has 2 rings (SSSR count). The van der Waals surface area contributed by atoms with Gasteiger partial charge in [-0.05, 0) is 30.4 Å². The fraction of sp³-hybridized carbons (Fsp3) is 0.400. The van der Waals surface area contributed by atoms with Gasteiger partial charge in [-0.1, -0.05) is 0 Å². The molecule has 0 amide bonds. The normalized spacial score (nSPS) is 21.2. The molecule has 0 aromatic carbocycles. The number of aromatic nitrogens is 2. The third-order valence-electron chi connectivity index (χ3n) is 2.77. The summed E-state index contributed by atoms with van der Waals surface area (Å²) in [5.74, 6) is 0.325. The lowest BCUT2D eigenvalue weighted by Gasteiger charge is -2.01. The first kappa shape index (κ1) is 13.0. The van der Waals surface area contributed by atoms with E-state index in [1.807, 2.05) is 0 Å². The Morgan fingerprint density at radius 3 is 2.94 bits per heavy atom. The van der Waals surface area contributed by atoms with Crippen molar-refractivity contribution in [2.45, 2.75) is 12.8 Å². The first-order valence-electron chi connectivity index (χ1n) is 5.45. The molecule has 1 unspecified atom stereocenters. The Hall–Kier alpha value is -1.43. The van der Waals surface area contributed by atoms with Gasteiger partial charge in [-0.3, -0.25) is 9.13 Å². The van der Waals surface area contributed by atoms with Gasteiger partial charge in [0.25, 0.3) is 0 Å². The molecule has 1 saturated carbocycles. The van der Waals surface area contributed by atoms with Crippen LogP contribution in [0.3, 0.4) is 0 Å². The molecule has 98 valence electrons. The fourth-order valence-electron chi connectivity index (χ4n) is 1.70. The van der Waals surface area contributed by atoms with Gasteiger partial charge in [-0.15, -0.1) is 0 Å². The highest BCUT2D eigenvalue weighted by Crippen LogP contribution is 2.45. The van der Waals surface area contributed by atoms with Gasteiger partial charge < -0.3 is 15.5 Å². The van der Waals surface area contributed by atoms with Crippen molar-refractivity contribution in [3.63, 3.8) is 0 Å². The maximum absolute atomic E-state index is 11.4. The van der Waals surface area contributed by atoms with Crippen molar-refractivity contribution >= 4 is 19.6 Å². The second-order valence-corrected chi connectivity index (χ2v) is 6.10. The van der Waals surface area contributed by atoms with E-state index in [4.69, 9.17) is 15.5 Å². The molecule has 1 aromatic heterocycles. The van der Waals surface area contributed by atoms with Crippen LogP contribution in [-0.2, 0) is 4.57 Å². The summed E-state index contributed by atoms with van der Waals surface area (Å²) in [6.45, 7) is 0. The number of nitrogens with two attached hydrogens (primary N) is 1. The number of nitrogens with zero attached hydrogens (tertiary/aromatic N) is 2. The molecule has 0 bridgehead atoms. The Morgan fingerprint density at radius 1 is 1.61 bits per heavy atom. The molecule has 1 heterocycles. The van der Waals surface area contributed by atoms with E-state index in [0.717, 1.165) is 12.0 Å². The molecule has 1 aromatic rings. The smallest absolute Gasteiger partial charge is 0.353 e. The highest BCUT2D eigenvalue weighted by molar-refractivity contribution is 7.51. The zero-order chi connectivity index (χ0) is 13.3. The summed E-state index contributed by atoms with van der Waals surface area (Å²) < 4.78 is 12.0. The highest BCUT2D eigenvalue weighted by atomic mass is 31.2. The molecule has 1 aliphatic carbocycles. The lowest BCUT2D eigenvalue weighted by atomic mass is 10.3. The third-order valence-corrected chi connectivity index (χ3v) is 3.61. The van der Waals surface area contributed by atoms with Gasteiger partial charge in [-0.25, -0.2) is 4.79 Å². The Kier molecular flexibility index (Phi) is 3.38. The van der Waals surface area contributed by atoms with Crippen LogP contribution in [0.2, 0.25) is 0 Å². The van der Waals surface area contributed by atoms with E-state index in [-0.39, 0.29) is 17.9 Å². The number of nitrogen functional groups attached to an aromatic ring is 1. The predicted octanol–water partition coefficient (Wildman–Crippen LogP) is 0.254. The summed E-state index contributed by atoms with van der Waals surface area (Å²) in [4.78, 5) is 32.5. The van der Waals surface area contributed by atoms with Gasteiger partial charge in [0.05, 0.1) is 6.16 Å². The van der Waals surface area contributed by atoms with Crippen molar-refractivity contribution in [3.05, 3.63) is 28.3 Å². The number of allylic oxidation sites excluding steroid dienone is 1. The summed E-state index contributed by atoms with van der Waals surface area (Å²) >= 11 is 0. The van der Waals surface area contributed by atoms with E-state index in [1.165, 1.54) is 16.8 Å². The first-order valence-corrected chi connectivity index (χ1v) is 7.25. The van der Waals surface area contributed by atoms with E-state index in [2.05, 4.69) is 4.98 Å². The summed E-state index contributed by atoms with van der Waals surface area (Å²) in [7, 11) is -3.93. The zero-order valence-electron chi connectivity index (χ0n) is 9.56. The van der Waals surface area contributed by atoms with E-state index < -0.39 is 13.3 Å². The van der Waals surface area contributed by atoms with E-state index in [9.17, 15) is 9.36 Å². The molecule has 1 fully saturated rings. The predicted molar refractivity (Wildman–Crippen MR) is 66.8 cm³/mol. The number of hydrogen-bond donors (Lipinski definition) is 3. The summed E-state index contributed by atoms with van der Waals surface area (Å²) in [5, 5.41) is 0. The summed E-state index contributed by atoms with van der Waals surface area (Å²) in [5.41, 5.74) is 5.91. The van der Waals surface area contributed by atoms with Gasteiger partial charge in [0.1, 0.15) is 5.82 Å². The van der Waals surface area contributed by atoms with Gasteiger partial charge in [0.2, 0.25) is 0 Å². The lowest BCUT2D eigenvalue weighted by molar-refractivity contribution is 0.370. The molecule has 18 heavy (non-hydrogen) atoms. The zero-order valence-corrected chi connectivity index (χ0v) is 10.5. The Balaban J connectivity index is 2.00. The van der Waals surface area contributed by atoms with Crippen molar-refractivity contribution in [2.75, 3.05) is 11.9 Å². The average Bonchev–Trinajstić information content (AvgIpc) is 2.97. The van der Waals surface area contributed by atoms with Gasteiger partial charge in [-0.2, -0.15) is 4.98 Å². The molecule has 0 aliphatic heterocycles. The van der Waals surface area contributed by atoms with Crippen LogP contribution in [0.15, 0.2) is 22.6 Å². The number of hydrogen-bond acceptors (Lipinski definition) is 4. The Labute approximate surface area is 103 Å². The Bertz CT molecular complexity index is 589.